The van der Waals surface area contributed by atoms with E-state index in [1.165, 1.54) is 12.3 Å². The first kappa shape index (κ1) is 17.5. The fourth-order valence-electron chi connectivity index (χ4n) is 2.98. The Morgan fingerprint density at radius 2 is 1.96 bits per heavy atom. The highest BCUT2D eigenvalue weighted by atomic mass is 16.5. The molecule has 1 aromatic carbocycles. The second-order valence-corrected chi connectivity index (χ2v) is 6.02. The van der Waals surface area contributed by atoms with Gasteiger partial charge in [-0.15, -0.1) is 0 Å². The Labute approximate surface area is 159 Å². The number of fused-ring (bicyclic) bond motifs is 3. The van der Waals surface area contributed by atoms with Gasteiger partial charge in [0.2, 0.25) is 0 Å². The second-order valence-electron chi connectivity index (χ2n) is 6.02. The number of nitrogens with zero attached hydrogens (tertiary/aromatic N) is 4. The number of pyridine rings is 1. The van der Waals surface area contributed by atoms with E-state index in [2.05, 4.69) is 20.3 Å². The van der Waals surface area contributed by atoms with E-state index in [1.54, 1.807) is 31.1 Å². The maximum Gasteiger partial charge on any atom is 0.354 e. The summed E-state index contributed by atoms with van der Waals surface area (Å²) in [4.78, 5) is 23.9. The third-order valence-corrected chi connectivity index (χ3v) is 4.36. The summed E-state index contributed by atoms with van der Waals surface area (Å²) in [6.45, 7) is 0.500. The van der Waals surface area contributed by atoms with Crippen molar-refractivity contribution in [3.8, 4) is 11.5 Å². The molecule has 0 radical (unpaired) electrons. The van der Waals surface area contributed by atoms with Crippen LogP contribution < -0.4 is 14.8 Å². The average molecular weight is 379 g/mol. The van der Waals surface area contributed by atoms with Gasteiger partial charge in [-0.2, -0.15) is 0 Å². The summed E-state index contributed by atoms with van der Waals surface area (Å²) in [5, 5.41) is 12.5. The van der Waals surface area contributed by atoms with Crippen molar-refractivity contribution in [2.75, 3.05) is 19.5 Å². The largest absolute Gasteiger partial charge is 0.493 e. The van der Waals surface area contributed by atoms with Crippen LogP contribution in [-0.2, 0) is 6.54 Å². The standard InChI is InChI=1S/C19H17N5O4/c1-27-16-4-3-11(5-17(16)28-2)7-22-18-15-9-20-10-24(15)14-6-12(19(25)26)21-8-13(14)23-18/h3-6,8-10H,7H2,1-2H3,(H,22,23)(H,25,26). The number of ether oxygens (including phenoxy) is 2. The van der Waals surface area contributed by atoms with Gasteiger partial charge in [0, 0.05) is 6.54 Å². The quantitative estimate of drug-likeness (QED) is 0.526. The molecule has 0 spiro atoms. The number of aromatic nitrogens is 4. The highest BCUT2D eigenvalue weighted by Gasteiger charge is 2.13. The number of benzene rings is 1. The van der Waals surface area contributed by atoms with E-state index in [1.807, 2.05) is 18.2 Å². The van der Waals surface area contributed by atoms with Crippen molar-refractivity contribution < 1.29 is 19.4 Å². The fraction of sp³-hybridized carbons (Fsp3) is 0.158. The molecule has 0 atom stereocenters. The zero-order valence-corrected chi connectivity index (χ0v) is 15.2. The summed E-state index contributed by atoms with van der Waals surface area (Å²) in [7, 11) is 3.18. The number of rotatable bonds is 6. The molecule has 0 aliphatic carbocycles. The van der Waals surface area contributed by atoms with E-state index in [0.29, 0.717) is 34.9 Å². The van der Waals surface area contributed by atoms with Crippen LogP contribution >= 0.6 is 0 Å². The average Bonchev–Trinajstić information content (AvgIpc) is 3.21. The molecule has 3 aromatic heterocycles. The van der Waals surface area contributed by atoms with E-state index in [-0.39, 0.29) is 5.69 Å². The Morgan fingerprint density at radius 3 is 2.71 bits per heavy atom. The summed E-state index contributed by atoms with van der Waals surface area (Å²) >= 11 is 0. The van der Waals surface area contributed by atoms with Gasteiger partial charge in [-0.05, 0) is 23.8 Å². The molecule has 142 valence electrons. The van der Waals surface area contributed by atoms with E-state index in [4.69, 9.17) is 9.47 Å². The van der Waals surface area contributed by atoms with E-state index >= 15 is 0 Å². The van der Waals surface area contributed by atoms with Crippen molar-refractivity contribution in [1.82, 2.24) is 19.4 Å². The fourth-order valence-corrected chi connectivity index (χ4v) is 2.98. The number of carboxylic acid groups (broad SMARTS) is 1. The van der Waals surface area contributed by atoms with Crippen molar-refractivity contribution in [1.29, 1.82) is 0 Å². The molecule has 0 saturated carbocycles. The number of methoxy groups -OCH3 is 2. The Morgan fingerprint density at radius 1 is 1.14 bits per heavy atom. The van der Waals surface area contributed by atoms with Crippen LogP contribution in [0.2, 0.25) is 0 Å². The third-order valence-electron chi connectivity index (χ3n) is 4.36. The molecule has 0 saturated heterocycles. The molecule has 0 aliphatic heterocycles. The van der Waals surface area contributed by atoms with Gasteiger partial charge in [-0.1, -0.05) is 6.07 Å². The highest BCUT2D eigenvalue weighted by Crippen LogP contribution is 2.28. The number of hydrogen-bond acceptors (Lipinski definition) is 7. The zero-order valence-electron chi connectivity index (χ0n) is 15.2. The van der Waals surface area contributed by atoms with Gasteiger partial charge in [-0.25, -0.2) is 19.7 Å². The van der Waals surface area contributed by atoms with E-state index < -0.39 is 5.97 Å². The smallest absolute Gasteiger partial charge is 0.354 e. The molecule has 28 heavy (non-hydrogen) atoms. The SMILES string of the molecule is COc1ccc(CNc2nc3cnc(C(=O)O)cc3n3cncc23)cc1OC. The molecule has 4 rings (SSSR count). The molecular weight excluding hydrogens is 362 g/mol. The lowest BCUT2D eigenvalue weighted by molar-refractivity contribution is 0.0690. The number of aromatic carboxylic acids is 1. The molecule has 0 unspecified atom stereocenters. The minimum absolute atomic E-state index is 0.0460. The molecule has 0 aliphatic rings. The molecule has 4 aromatic rings. The van der Waals surface area contributed by atoms with Crippen LogP contribution in [0.5, 0.6) is 11.5 Å². The van der Waals surface area contributed by atoms with Crippen molar-refractivity contribution >= 4 is 28.3 Å². The van der Waals surface area contributed by atoms with E-state index in [9.17, 15) is 9.90 Å². The molecular formula is C19H17N5O4. The summed E-state index contributed by atoms with van der Waals surface area (Å²) in [5.41, 5.74) is 2.85. The van der Waals surface area contributed by atoms with Crippen LogP contribution in [0.1, 0.15) is 16.1 Å². The Bertz CT molecular complexity index is 1190. The lowest BCUT2D eigenvalue weighted by Crippen LogP contribution is -2.06. The van der Waals surface area contributed by atoms with Gasteiger partial charge >= 0.3 is 5.97 Å². The summed E-state index contributed by atoms with van der Waals surface area (Å²) in [6.07, 6.45) is 4.73. The highest BCUT2D eigenvalue weighted by molar-refractivity contribution is 5.91. The van der Waals surface area contributed by atoms with Gasteiger partial charge in [0.05, 0.1) is 38.5 Å². The normalized spacial score (nSPS) is 10.9. The molecule has 2 N–H and O–H groups in total. The predicted molar refractivity (Wildman–Crippen MR) is 102 cm³/mol. The molecule has 0 amide bonds. The number of carbonyl (C=O) groups is 1. The van der Waals surface area contributed by atoms with Gasteiger partial charge in [0.1, 0.15) is 16.7 Å². The summed E-state index contributed by atoms with van der Waals surface area (Å²) in [6, 6.07) is 7.15. The van der Waals surface area contributed by atoms with Crippen LogP contribution in [0.25, 0.3) is 16.6 Å². The minimum Gasteiger partial charge on any atom is -0.493 e. The van der Waals surface area contributed by atoms with Crippen LogP contribution in [0.3, 0.4) is 0 Å². The molecule has 0 fully saturated rings. The minimum atomic E-state index is -1.09. The number of imidazole rings is 1. The number of nitrogens with one attached hydrogen (secondary N) is 1. The Hall–Kier alpha value is -3.88. The van der Waals surface area contributed by atoms with Gasteiger partial charge < -0.3 is 19.9 Å². The van der Waals surface area contributed by atoms with Crippen LogP contribution in [0.15, 0.2) is 43.0 Å². The van der Waals surface area contributed by atoms with Crippen molar-refractivity contribution in [3.63, 3.8) is 0 Å². The third kappa shape index (κ3) is 3.02. The molecule has 0 bridgehead atoms. The topological polar surface area (TPSA) is 111 Å². The lowest BCUT2D eigenvalue weighted by Gasteiger charge is -2.12. The van der Waals surface area contributed by atoms with Gasteiger partial charge in [0.25, 0.3) is 0 Å². The predicted octanol–water partition coefficient (Wildman–Crippen LogP) is 2.61. The zero-order chi connectivity index (χ0) is 19.7. The maximum absolute atomic E-state index is 11.2. The van der Waals surface area contributed by atoms with Crippen LogP contribution in [0, 0.1) is 0 Å². The Balaban J connectivity index is 1.70. The van der Waals surface area contributed by atoms with Crippen molar-refractivity contribution in [2.24, 2.45) is 0 Å². The van der Waals surface area contributed by atoms with Crippen LogP contribution in [-0.4, -0.2) is 44.6 Å². The monoisotopic (exact) mass is 379 g/mol. The summed E-state index contributed by atoms with van der Waals surface area (Å²) in [5.74, 6) is 0.831. The second kappa shape index (κ2) is 7.03. The first-order chi connectivity index (χ1) is 13.6. The first-order valence-corrected chi connectivity index (χ1v) is 8.40. The van der Waals surface area contributed by atoms with Gasteiger partial charge in [0.15, 0.2) is 17.3 Å². The number of anilines is 1. The molecule has 9 heteroatoms. The Kier molecular flexibility index (Phi) is 4.40. The van der Waals surface area contributed by atoms with Gasteiger partial charge in [-0.3, -0.25) is 4.40 Å². The number of hydrogen-bond donors (Lipinski definition) is 2. The van der Waals surface area contributed by atoms with E-state index in [0.717, 1.165) is 11.1 Å². The first-order valence-electron chi connectivity index (χ1n) is 8.40. The molecule has 9 nitrogen and oxygen atoms in total. The number of carboxylic acids is 1. The molecule has 3 heterocycles. The lowest BCUT2D eigenvalue weighted by atomic mass is 10.2. The van der Waals surface area contributed by atoms with Crippen LogP contribution in [0.4, 0.5) is 5.82 Å². The maximum atomic E-state index is 11.2. The van der Waals surface area contributed by atoms with Crippen molar-refractivity contribution in [2.45, 2.75) is 6.54 Å². The van der Waals surface area contributed by atoms with Crippen molar-refractivity contribution in [3.05, 3.63) is 54.2 Å². The summed E-state index contributed by atoms with van der Waals surface area (Å²) < 4.78 is 12.4.